The van der Waals surface area contributed by atoms with Crippen LogP contribution in [-0.2, 0) is 9.59 Å². The second-order valence-corrected chi connectivity index (χ2v) is 1.25. The predicted octanol–water partition coefficient (Wildman–Crippen LogP) is -2.31. The van der Waals surface area contributed by atoms with Gasteiger partial charge < -0.3 is 19.8 Å². The van der Waals surface area contributed by atoms with E-state index in [1.165, 1.54) is 6.92 Å². The third-order valence-electron chi connectivity index (χ3n) is 0.455. The Kier molecular flexibility index (Phi) is 18.6. The van der Waals surface area contributed by atoms with Crippen LogP contribution in [0.25, 0.3) is 0 Å². The molecular formula is C6H8MgO4. The van der Waals surface area contributed by atoms with E-state index in [1.54, 1.807) is 0 Å². The summed E-state index contributed by atoms with van der Waals surface area (Å²) in [6, 6.07) is 0. The van der Waals surface area contributed by atoms with Crippen molar-refractivity contribution in [1.29, 1.82) is 0 Å². The summed E-state index contributed by atoms with van der Waals surface area (Å²) in [4.78, 5) is 18.4. The van der Waals surface area contributed by atoms with Gasteiger partial charge in [0.2, 0.25) is 0 Å². The summed E-state index contributed by atoms with van der Waals surface area (Å²) < 4.78 is 0. The largest absolute Gasteiger partial charge is 2.00 e. The molecular weight excluding hydrogens is 160 g/mol. The average Bonchev–Trinajstić information content (AvgIpc) is 1.89. The summed E-state index contributed by atoms with van der Waals surface area (Å²) in [6.07, 6.45) is 0.833. The minimum absolute atomic E-state index is 0. The van der Waals surface area contributed by atoms with Crippen molar-refractivity contribution in [2.45, 2.75) is 13.3 Å². The zero-order valence-electron chi connectivity index (χ0n) is 6.33. The molecule has 0 aromatic carbocycles. The fraction of sp³-hybridized carbons (Fsp3) is 0.333. The number of hydrogen-bond donors (Lipinski definition) is 0. The van der Waals surface area contributed by atoms with Gasteiger partial charge in [0.25, 0.3) is 0 Å². The van der Waals surface area contributed by atoms with Crippen molar-refractivity contribution in [3.63, 3.8) is 0 Å². The van der Waals surface area contributed by atoms with Crippen LogP contribution in [0.2, 0.25) is 0 Å². The Bertz CT molecular complexity index is 133. The molecule has 0 aliphatic heterocycles. The molecule has 5 heteroatoms. The van der Waals surface area contributed by atoms with Crippen molar-refractivity contribution in [1.82, 2.24) is 0 Å². The molecule has 0 bridgehead atoms. The van der Waals surface area contributed by atoms with Crippen LogP contribution in [0.15, 0.2) is 12.7 Å². The van der Waals surface area contributed by atoms with Crippen molar-refractivity contribution < 1.29 is 19.8 Å². The standard InChI is InChI=1S/C3H6O2.C3H4O2.Mg/c2*1-2-3(4)5;/h2H2,1H3,(H,4,5);2H,1H2,(H,4,5);/q;;+2/p-2. The van der Waals surface area contributed by atoms with E-state index in [0.717, 1.165) is 6.08 Å². The summed E-state index contributed by atoms with van der Waals surface area (Å²) in [6.45, 7) is 4.44. The van der Waals surface area contributed by atoms with Gasteiger partial charge in [-0.15, -0.1) is 0 Å². The third kappa shape index (κ3) is 44.1. The van der Waals surface area contributed by atoms with Crippen molar-refractivity contribution in [2.75, 3.05) is 0 Å². The maximum absolute atomic E-state index is 9.26. The first-order valence-corrected chi connectivity index (χ1v) is 2.57. The summed E-state index contributed by atoms with van der Waals surface area (Å²) in [5.74, 6) is -2.23. The molecule has 0 saturated heterocycles. The molecule has 4 nitrogen and oxygen atoms in total. The second kappa shape index (κ2) is 12.2. The van der Waals surface area contributed by atoms with E-state index in [2.05, 4.69) is 6.58 Å². The number of hydrogen-bond acceptors (Lipinski definition) is 4. The van der Waals surface area contributed by atoms with Crippen LogP contribution in [0.1, 0.15) is 13.3 Å². The molecule has 11 heavy (non-hydrogen) atoms. The molecule has 0 spiro atoms. The molecule has 0 amide bonds. The number of carboxylic acids is 2. The smallest absolute Gasteiger partial charge is 0.550 e. The molecule has 0 aliphatic carbocycles. The van der Waals surface area contributed by atoms with E-state index in [4.69, 9.17) is 9.90 Å². The minimum Gasteiger partial charge on any atom is -0.550 e. The maximum atomic E-state index is 9.26. The maximum Gasteiger partial charge on any atom is 2.00 e. The van der Waals surface area contributed by atoms with Crippen LogP contribution in [-0.4, -0.2) is 35.0 Å². The number of carbonyl (C=O) groups is 2. The molecule has 0 N–H and O–H groups in total. The average molecular weight is 168 g/mol. The van der Waals surface area contributed by atoms with E-state index in [9.17, 15) is 9.90 Å². The van der Waals surface area contributed by atoms with Crippen molar-refractivity contribution in [3.8, 4) is 0 Å². The molecule has 0 aliphatic rings. The van der Waals surface area contributed by atoms with Gasteiger partial charge in [-0.25, -0.2) is 0 Å². The molecule has 0 atom stereocenters. The number of aliphatic carboxylic acids is 2. The Morgan fingerprint density at radius 2 is 1.64 bits per heavy atom. The van der Waals surface area contributed by atoms with Gasteiger partial charge >= 0.3 is 23.1 Å². The van der Waals surface area contributed by atoms with Gasteiger partial charge in [-0.05, 0) is 12.5 Å². The van der Waals surface area contributed by atoms with E-state index in [-0.39, 0.29) is 29.5 Å². The number of carboxylic acid groups (broad SMARTS) is 2. The Morgan fingerprint density at radius 1 is 1.45 bits per heavy atom. The summed E-state index contributed by atoms with van der Waals surface area (Å²) in [7, 11) is 0. The molecule has 0 fully saturated rings. The van der Waals surface area contributed by atoms with Gasteiger partial charge in [0.15, 0.2) is 0 Å². The molecule has 58 valence electrons. The first kappa shape index (κ1) is 16.8. The van der Waals surface area contributed by atoms with Gasteiger partial charge in [0.05, 0.1) is 5.97 Å². The Hall–Kier alpha value is -0.554. The molecule has 0 aromatic rings. The summed E-state index contributed by atoms with van der Waals surface area (Å²) >= 11 is 0. The molecule has 0 rings (SSSR count). The van der Waals surface area contributed by atoms with Gasteiger partial charge in [-0.2, -0.15) is 0 Å². The van der Waals surface area contributed by atoms with E-state index in [1.807, 2.05) is 0 Å². The van der Waals surface area contributed by atoms with E-state index < -0.39 is 11.9 Å². The van der Waals surface area contributed by atoms with Crippen molar-refractivity contribution in [3.05, 3.63) is 12.7 Å². The second-order valence-electron chi connectivity index (χ2n) is 1.25. The van der Waals surface area contributed by atoms with Crippen LogP contribution in [0.4, 0.5) is 0 Å². The first-order valence-electron chi connectivity index (χ1n) is 2.57. The molecule has 0 saturated carbocycles. The Morgan fingerprint density at radius 3 is 1.64 bits per heavy atom. The van der Waals surface area contributed by atoms with Gasteiger partial charge in [0, 0.05) is 5.97 Å². The van der Waals surface area contributed by atoms with Gasteiger partial charge in [-0.3, -0.25) is 0 Å². The van der Waals surface area contributed by atoms with E-state index >= 15 is 0 Å². The van der Waals surface area contributed by atoms with Crippen LogP contribution in [0.5, 0.6) is 0 Å². The SMILES string of the molecule is C=CC(=O)[O-].CCC(=O)[O-].[Mg+2]. The Labute approximate surface area is 81.1 Å². The minimum atomic E-state index is -1.23. The van der Waals surface area contributed by atoms with Crippen LogP contribution in [0, 0.1) is 0 Å². The fourth-order valence-electron chi connectivity index (χ4n) is 0. The van der Waals surface area contributed by atoms with E-state index in [0.29, 0.717) is 0 Å². The van der Waals surface area contributed by atoms with Crippen LogP contribution < -0.4 is 10.2 Å². The summed E-state index contributed by atoms with van der Waals surface area (Å²) in [5.41, 5.74) is 0. The van der Waals surface area contributed by atoms with Gasteiger partial charge in [-0.1, -0.05) is 13.5 Å². The molecule has 0 radical (unpaired) electrons. The van der Waals surface area contributed by atoms with Crippen LogP contribution in [0.3, 0.4) is 0 Å². The normalized spacial score (nSPS) is 6.27. The molecule has 0 unspecified atom stereocenters. The third-order valence-corrected chi connectivity index (χ3v) is 0.455. The zero-order chi connectivity index (χ0) is 8.57. The van der Waals surface area contributed by atoms with Gasteiger partial charge in [0.1, 0.15) is 0 Å². The molecule has 0 heterocycles. The quantitative estimate of drug-likeness (QED) is 0.343. The first-order chi connectivity index (χ1) is 4.54. The van der Waals surface area contributed by atoms with Crippen molar-refractivity contribution >= 4 is 35.0 Å². The monoisotopic (exact) mass is 168 g/mol. The van der Waals surface area contributed by atoms with Crippen molar-refractivity contribution in [2.24, 2.45) is 0 Å². The van der Waals surface area contributed by atoms with Crippen LogP contribution >= 0.6 is 0 Å². The number of carbonyl (C=O) groups excluding carboxylic acids is 2. The Balaban J connectivity index is -0.000000107. The fourth-order valence-corrected chi connectivity index (χ4v) is 0. The summed E-state index contributed by atoms with van der Waals surface area (Å²) in [5, 5.41) is 18.4. The predicted molar refractivity (Wildman–Crippen MR) is 36.3 cm³/mol. The number of rotatable bonds is 2. The molecule has 0 aromatic heterocycles. The zero-order valence-corrected chi connectivity index (χ0v) is 7.75. The topological polar surface area (TPSA) is 80.3 Å².